The Morgan fingerprint density at radius 1 is 1.21 bits per heavy atom. The van der Waals surface area contributed by atoms with Crippen molar-refractivity contribution in [3.63, 3.8) is 0 Å². The van der Waals surface area contributed by atoms with Crippen LogP contribution < -0.4 is 0 Å². The molecule has 0 saturated heterocycles. The van der Waals surface area contributed by atoms with Crippen molar-refractivity contribution in [2.45, 2.75) is 20.3 Å². The van der Waals surface area contributed by atoms with E-state index in [1.165, 1.54) is 23.1 Å². The second kappa shape index (κ2) is 5.07. The van der Waals surface area contributed by atoms with Gasteiger partial charge in [-0.3, -0.25) is 0 Å². The first-order valence-corrected chi connectivity index (χ1v) is 4.97. The van der Waals surface area contributed by atoms with Crippen molar-refractivity contribution >= 4 is 5.57 Å². The summed E-state index contributed by atoms with van der Waals surface area (Å²) in [6, 6.07) is 8.62. The molecule has 0 aliphatic heterocycles. The first-order valence-electron chi connectivity index (χ1n) is 4.97. The van der Waals surface area contributed by atoms with E-state index in [-0.39, 0.29) is 26.2 Å². The Kier molecular flexibility index (Phi) is 4.32. The number of fused-ring (bicyclic) bond motifs is 1. The molecule has 0 spiro atoms. The molecule has 1 aliphatic rings. The van der Waals surface area contributed by atoms with Crippen LogP contribution in [0.3, 0.4) is 0 Å². The maximum Gasteiger partial charge on any atom is 0.0134 e. The third kappa shape index (κ3) is 2.08. The van der Waals surface area contributed by atoms with Crippen molar-refractivity contribution < 1.29 is 26.2 Å². The summed E-state index contributed by atoms with van der Waals surface area (Å²) in [4.78, 5) is 0. The molecule has 1 aromatic carbocycles. The molecular formula is C13H15Zr. The zero-order valence-corrected chi connectivity index (χ0v) is 11.2. The molecular weight excluding hydrogens is 247 g/mol. The zero-order chi connectivity index (χ0) is 9.26. The fraction of sp³-hybridized carbons (Fsp3) is 0.308. The molecule has 1 heteroatoms. The number of allylic oxidation sites excluding steroid dienone is 2. The van der Waals surface area contributed by atoms with Gasteiger partial charge in [0, 0.05) is 32.6 Å². The summed E-state index contributed by atoms with van der Waals surface area (Å²) in [7, 11) is 0. The van der Waals surface area contributed by atoms with E-state index in [1.54, 1.807) is 0 Å². The smallest absolute Gasteiger partial charge is 0.0134 e. The minimum atomic E-state index is 0. The summed E-state index contributed by atoms with van der Waals surface area (Å²) in [5, 5.41) is 0. The maximum atomic E-state index is 2.29. The van der Waals surface area contributed by atoms with Crippen molar-refractivity contribution in [3.05, 3.63) is 47.9 Å². The van der Waals surface area contributed by atoms with Crippen LogP contribution in [-0.2, 0) is 26.2 Å². The Morgan fingerprint density at radius 2 is 1.93 bits per heavy atom. The van der Waals surface area contributed by atoms with Crippen LogP contribution >= 0.6 is 0 Å². The van der Waals surface area contributed by atoms with Crippen LogP contribution in [-0.4, -0.2) is 0 Å². The number of rotatable bonds is 2. The first-order chi connectivity index (χ1) is 6.33. The predicted molar refractivity (Wildman–Crippen MR) is 57.3 cm³/mol. The molecule has 0 bridgehead atoms. The van der Waals surface area contributed by atoms with Crippen LogP contribution in [0.2, 0.25) is 0 Å². The fourth-order valence-electron chi connectivity index (χ4n) is 1.82. The molecule has 0 heterocycles. The third-order valence-corrected chi connectivity index (χ3v) is 2.86. The van der Waals surface area contributed by atoms with Gasteiger partial charge < -0.3 is 0 Å². The molecule has 0 nitrogen and oxygen atoms in total. The number of benzene rings is 1. The van der Waals surface area contributed by atoms with E-state index in [0.717, 1.165) is 0 Å². The summed E-state index contributed by atoms with van der Waals surface area (Å²) in [6.45, 7) is 4.54. The van der Waals surface area contributed by atoms with Gasteiger partial charge in [0.2, 0.25) is 0 Å². The van der Waals surface area contributed by atoms with Crippen molar-refractivity contribution in [1.29, 1.82) is 0 Å². The van der Waals surface area contributed by atoms with Crippen molar-refractivity contribution in [3.8, 4) is 0 Å². The zero-order valence-electron chi connectivity index (χ0n) is 8.75. The van der Waals surface area contributed by atoms with Gasteiger partial charge in [0.05, 0.1) is 0 Å². The molecule has 0 saturated carbocycles. The van der Waals surface area contributed by atoms with E-state index in [0.29, 0.717) is 5.92 Å². The quantitative estimate of drug-likeness (QED) is 0.763. The van der Waals surface area contributed by atoms with E-state index >= 15 is 0 Å². The van der Waals surface area contributed by atoms with Gasteiger partial charge in [0.1, 0.15) is 0 Å². The number of hydrogen-bond acceptors (Lipinski definition) is 0. The largest absolute Gasteiger partial charge is 0.0720 e. The predicted octanol–water partition coefficient (Wildman–Crippen LogP) is 3.68. The van der Waals surface area contributed by atoms with Crippen LogP contribution in [0.15, 0.2) is 30.3 Å². The Bertz CT molecular complexity index is 339. The Balaban J connectivity index is 0.000000980. The standard InChI is InChI=1S/C13H15.Zr/c1-3-10(2)12-9-8-11-6-4-5-7-13(11)12;/h4-10H,3H2,1-2H3;. The first kappa shape index (κ1) is 11.9. The van der Waals surface area contributed by atoms with Crippen molar-refractivity contribution in [1.82, 2.24) is 0 Å². The van der Waals surface area contributed by atoms with Gasteiger partial charge in [-0.25, -0.2) is 0 Å². The van der Waals surface area contributed by atoms with Gasteiger partial charge in [-0.2, -0.15) is 0 Å². The maximum absolute atomic E-state index is 2.29. The summed E-state index contributed by atoms with van der Waals surface area (Å²) < 4.78 is 0. The average molecular weight is 262 g/mol. The van der Waals surface area contributed by atoms with E-state index in [9.17, 15) is 0 Å². The summed E-state index contributed by atoms with van der Waals surface area (Å²) >= 11 is 0. The second-order valence-corrected chi connectivity index (χ2v) is 3.69. The van der Waals surface area contributed by atoms with Crippen LogP contribution in [0.4, 0.5) is 0 Å². The van der Waals surface area contributed by atoms with Gasteiger partial charge >= 0.3 is 0 Å². The number of hydrogen-bond donors (Lipinski definition) is 0. The van der Waals surface area contributed by atoms with Gasteiger partial charge in [-0.15, -0.1) is 0 Å². The summed E-state index contributed by atoms with van der Waals surface area (Å²) in [5.41, 5.74) is 4.30. The van der Waals surface area contributed by atoms with Crippen molar-refractivity contribution in [2.24, 2.45) is 5.92 Å². The van der Waals surface area contributed by atoms with E-state index in [2.05, 4.69) is 50.6 Å². The molecule has 1 unspecified atom stereocenters. The Morgan fingerprint density at radius 3 is 2.64 bits per heavy atom. The second-order valence-electron chi connectivity index (χ2n) is 3.69. The monoisotopic (exact) mass is 261 g/mol. The third-order valence-electron chi connectivity index (χ3n) is 2.86. The van der Waals surface area contributed by atoms with Crippen LogP contribution in [0.5, 0.6) is 0 Å². The van der Waals surface area contributed by atoms with E-state index in [4.69, 9.17) is 0 Å². The molecule has 1 radical (unpaired) electrons. The molecule has 14 heavy (non-hydrogen) atoms. The van der Waals surface area contributed by atoms with E-state index < -0.39 is 0 Å². The summed E-state index contributed by atoms with van der Waals surface area (Å²) in [5.74, 6) is 0.680. The average Bonchev–Trinajstić information content (AvgIpc) is 2.60. The molecule has 1 aromatic rings. The molecule has 0 fully saturated rings. The molecule has 0 N–H and O–H groups in total. The Hall–Kier alpha value is -0.157. The molecule has 2 rings (SSSR count). The van der Waals surface area contributed by atoms with Crippen LogP contribution in [0, 0.1) is 12.3 Å². The SMILES string of the molecule is CCC(C)C1=C[CH]c2ccccc21.[Zr]. The van der Waals surface area contributed by atoms with Gasteiger partial charge in [-0.1, -0.05) is 44.2 Å². The molecule has 1 atom stereocenters. The molecule has 71 valence electrons. The fourth-order valence-corrected chi connectivity index (χ4v) is 1.82. The molecule has 1 aliphatic carbocycles. The van der Waals surface area contributed by atoms with Gasteiger partial charge in [0.15, 0.2) is 0 Å². The Labute approximate surface area is 106 Å². The van der Waals surface area contributed by atoms with Gasteiger partial charge in [-0.05, 0) is 29.0 Å². The minimum Gasteiger partial charge on any atom is -0.0720 e. The topological polar surface area (TPSA) is 0 Å². The van der Waals surface area contributed by atoms with Gasteiger partial charge in [0.25, 0.3) is 0 Å². The van der Waals surface area contributed by atoms with Crippen LogP contribution in [0.25, 0.3) is 5.57 Å². The van der Waals surface area contributed by atoms with Crippen molar-refractivity contribution in [2.75, 3.05) is 0 Å². The summed E-state index contributed by atoms with van der Waals surface area (Å²) in [6.07, 6.45) is 5.70. The van der Waals surface area contributed by atoms with E-state index in [1.807, 2.05) is 0 Å². The van der Waals surface area contributed by atoms with Crippen LogP contribution in [0.1, 0.15) is 31.4 Å². The minimum absolute atomic E-state index is 0. The normalized spacial score (nSPS) is 15.4. The molecule has 0 aromatic heterocycles. The molecule has 0 amide bonds.